The molecule has 0 aromatic heterocycles. The second kappa shape index (κ2) is 6.84. The highest BCUT2D eigenvalue weighted by molar-refractivity contribution is 5.87. The van der Waals surface area contributed by atoms with Crippen molar-refractivity contribution in [3.8, 4) is 0 Å². The number of fused-ring (bicyclic) bond motifs is 1. The third-order valence-corrected chi connectivity index (χ3v) is 6.06. The summed E-state index contributed by atoms with van der Waals surface area (Å²) in [6.45, 7) is 5.59. The molecule has 1 heterocycles. The summed E-state index contributed by atoms with van der Waals surface area (Å²) in [6, 6.07) is 10.5. The van der Waals surface area contributed by atoms with E-state index >= 15 is 0 Å². The maximum Gasteiger partial charge on any atom is 0.411 e. The number of ether oxygens (including phenoxy) is 1. The molecule has 5 nitrogen and oxygen atoms in total. The molecule has 1 aliphatic heterocycles. The van der Waals surface area contributed by atoms with Gasteiger partial charge in [0.05, 0.1) is 0 Å². The van der Waals surface area contributed by atoms with Crippen molar-refractivity contribution in [3.05, 3.63) is 35.9 Å². The number of carbonyl (C=O) groups excluding carboxylic acids is 2. The van der Waals surface area contributed by atoms with Crippen LogP contribution in [0, 0.1) is 5.92 Å². The van der Waals surface area contributed by atoms with Gasteiger partial charge >= 0.3 is 6.09 Å². The number of likely N-dealkylation sites (tertiary alicyclic amines) is 1. The van der Waals surface area contributed by atoms with Gasteiger partial charge in [0.1, 0.15) is 11.6 Å². The molecule has 146 valence electrons. The number of piperidine rings is 1. The molecule has 27 heavy (non-hydrogen) atoms. The summed E-state index contributed by atoms with van der Waals surface area (Å²) >= 11 is 0. The van der Waals surface area contributed by atoms with Crippen LogP contribution in [-0.2, 0) is 9.53 Å². The monoisotopic (exact) mass is 370 g/mol. The van der Waals surface area contributed by atoms with Crippen LogP contribution in [-0.4, -0.2) is 40.6 Å². The van der Waals surface area contributed by atoms with Crippen LogP contribution in [0.4, 0.5) is 4.79 Å². The molecule has 1 aromatic rings. The smallest absolute Gasteiger partial charge is 0.411 e. The van der Waals surface area contributed by atoms with E-state index in [1.165, 1.54) is 5.56 Å². The molecule has 0 bridgehead atoms. The van der Waals surface area contributed by atoms with Crippen LogP contribution in [0.5, 0.6) is 0 Å². The van der Waals surface area contributed by atoms with Gasteiger partial charge < -0.3 is 10.1 Å². The molecule has 1 N–H and O–H groups in total. The standard InChI is InChI=1S/C22H30N2O3/c1-22(2,3)27-21(26)24-18-12-16(18)13-19(24)20(25)23-17-10-9-15(11-17)14-7-5-4-6-8-14/h4-8,15-19H,9-13H2,1-3H3,(H,23,25)/t15?,16-,17-,18-,19+/m1/s1. The normalized spacial score (nSPS) is 32.1. The Kier molecular flexibility index (Phi) is 4.65. The van der Waals surface area contributed by atoms with Crippen molar-refractivity contribution in [1.29, 1.82) is 0 Å². The van der Waals surface area contributed by atoms with Gasteiger partial charge in [-0.3, -0.25) is 9.69 Å². The van der Waals surface area contributed by atoms with Gasteiger partial charge in [-0.15, -0.1) is 0 Å². The SMILES string of the molecule is CC(C)(C)OC(=O)N1[C@@H]2C[C@@H]2C[C@H]1C(=O)N[C@@H]1CCC(c2ccccc2)C1. The predicted octanol–water partition coefficient (Wildman–Crippen LogP) is 3.84. The maximum atomic E-state index is 12.9. The molecule has 3 aliphatic rings. The largest absolute Gasteiger partial charge is 0.444 e. The Morgan fingerprint density at radius 3 is 2.52 bits per heavy atom. The zero-order chi connectivity index (χ0) is 19.2. The van der Waals surface area contributed by atoms with E-state index < -0.39 is 5.60 Å². The van der Waals surface area contributed by atoms with E-state index in [9.17, 15) is 9.59 Å². The Bertz CT molecular complexity index is 712. The summed E-state index contributed by atoms with van der Waals surface area (Å²) in [7, 11) is 0. The maximum absolute atomic E-state index is 12.9. The van der Waals surface area contributed by atoms with Crippen LogP contribution in [0.2, 0.25) is 0 Å². The molecular weight excluding hydrogens is 340 g/mol. The first kappa shape index (κ1) is 18.3. The van der Waals surface area contributed by atoms with E-state index in [0.29, 0.717) is 11.8 Å². The molecule has 1 aromatic carbocycles. The fourth-order valence-corrected chi connectivity index (χ4v) is 4.71. The Labute approximate surface area is 161 Å². The van der Waals surface area contributed by atoms with Crippen LogP contribution in [0.25, 0.3) is 0 Å². The number of nitrogens with one attached hydrogen (secondary N) is 1. The van der Waals surface area contributed by atoms with Gasteiger partial charge in [0.25, 0.3) is 0 Å². The highest BCUT2D eigenvalue weighted by Crippen LogP contribution is 2.48. The quantitative estimate of drug-likeness (QED) is 0.879. The number of amides is 2. The number of hydrogen-bond donors (Lipinski definition) is 1. The lowest BCUT2D eigenvalue weighted by atomic mass is 9.97. The topological polar surface area (TPSA) is 58.6 Å². The summed E-state index contributed by atoms with van der Waals surface area (Å²) in [5, 5.41) is 3.22. The predicted molar refractivity (Wildman–Crippen MR) is 103 cm³/mol. The fraction of sp³-hybridized carbons (Fsp3) is 0.636. The van der Waals surface area contributed by atoms with Gasteiger partial charge in [0.2, 0.25) is 5.91 Å². The van der Waals surface area contributed by atoms with Gasteiger partial charge in [-0.05, 0) is 70.3 Å². The molecule has 2 saturated carbocycles. The average Bonchev–Trinajstić information content (AvgIpc) is 3.04. The molecule has 0 radical (unpaired) electrons. The summed E-state index contributed by atoms with van der Waals surface area (Å²) in [5.41, 5.74) is 0.811. The van der Waals surface area contributed by atoms with Crippen molar-refractivity contribution in [1.82, 2.24) is 10.2 Å². The summed E-state index contributed by atoms with van der Waals surface area (Å²) in [6.07, 6.45) is 4.49. The van der Waals surface area contributed by atoms with E-state index in [2.05, 4.69) is 29.6 Å². The lowest BCUT2D eigenvalue weighted by molar-refractivity contribution is -0.126. The number of hydrogen-bond acceptors (Lipinski definition) is 3. The highest BCUT2D eigenvalue weighted by Gasteiger charge is 2.57. The lowest BCUT2D eigenvalue weighted by Gasteiger charge is -2.30. The third kappa shape index (κ3) is 3.97. The van der Waals surface area contributed by atoms with Gasteiger partial charge in [0.15, 0.2) is 0 Å². The zero-order valence-electron chi connectivity index (χ0n) is 16.5. The van der Waals surface area contributed by atoms with E-state index in [0.717, 1.165) is 32.1 Å². The minimum atomic E-state index is -0.542. The number of nitrogens with zero attached hydrogens (tertiary/aromatic N) is 1. The van der Waals surface area contributed by atoms with Gasteiger partial charge in [-0.25, -0.2) is 4.79 Å². The van der Waals surface area contributed by atoms with E-state index in [1.807, 2.05) is 26.8 Å². The molecule has 5 heteroatoms. The average molecular weight is 370 g/mol. The fourth-order valence-electron chi connectivity index (χ4n) is 4.71. The minimum Gasteiger partial charge on any atom is -0.444 e. The minimum absolute atomic E-state index is 0.00762. The second-order valence-electron chi connectivity index (χ2n) is 9.33. The first-order chi connectivity index (χ1) is 12.8. The Morgan fingerprint density at radius 1 is 1.07 bits per heavy atom. The van der Waals surface area contributed by atoms with Crippen LogP contribution in [0.15, 0.2) is 30.3 Å². The lowest BCUT2D eigenvalue weighted by Crippen LogP contribution is -2.51. The van der Waals surface area contributed by atoms with Gasteiger partial charge in [0, 0.05) is 12.1 Å². The molecule has 4 rings (SSSR count). The van der Waals surface area contributed by atoms with Crippen LogP contribution >= 0.6 is 0 Å². The van der Waals surface area contributed by atoms with Crippen LogP contribution < -0.4 is 5.32 Å². The zero-order valence-corrected chi connectivity index (χ0v) is 16.5. The van der Waals surface area contributed by atoms with Gasteiger partial charge in [-0.1, -0.05) is 30.3 Å². The van der Waals surface area contributed by atoms with Gasteiger partial charge in [-0.2, -0.15) is 0 Å². The van der Waals surface area contributed by atoms with Crippen molar-refractivity contribution in [2.24, 2.45) is 5.92 Å². The van der Waals surface area contributed by atoms with Crippen molar-refractivity contribution in [2.75, 3.05) is 0 Å². The van der Waals surface area contributed by atoms with E-state index in [1.54, 1.807) is 4.90 Å². The highest BCUT2D eigenvalue weighted by atomic mass is 16.6. The van der Waals surface area contributed by atoms with Crippen LogP contribution in [0.1, 0.15) is 64.4 Å². The second-order valence-corrected chi connectivity index (χ2v) is 9.33. The molecule has 1 saturated heterocycles. The molecule has 2 aliphatic carbocycles. The van der Waals surface area contributed by atoms with Crippen LogP contribution in [0.3, 0.4) is 0 Å². The molecule has 1 unspecified atom stereocenters. The van der Waals surface area contributed by atoms with E-state index in [4.69, 9.17) is 4.74 Å². The van der Waals surface area contributed by atoms with Crippen molar-refractivity contribution in [3.63, 3.8) is 0 Å². The first-order valence-corrected chi connectivity index (χ1v) is 10.2. The summed E-state index contributed by atoms with van der Waals surface area (Å²) < 4.78 is 5.55. The summed E-state index contributed by atoms with van der Waals surface area (Å²) in [5.74, 6) is 0.969. The Hall–Kier alpha value is -2.04. The van der Waals surface area contributed by atoms with Crippen molar-refractivity contribution >= 4 is 12.0 Å². The molecule has 0 spiro atoms. The number of rotatable bonds is 3. The van der Waals surface area contributed by atoms with E-state index in [-0.39, 0.29) is 30.1 Å². The Morgan fingerprint density at radius 2 is 1.81 bits per heavy atom. The third-order valence-electron chi connectivity index (χ3n) is 6.06. The molecular formula is C22H30N2O3. The summed E-state index contributed by atoms with van der Waals surface area (Å²) in [4.78, 5) is 27.2. The molecule has 5 atom stereocenters. The van der Waals surface area contributed by atoms with Crippen molar-refractivity contribution < 1.29 is 14.3 Å². The molecule has 3 fully saturated rings. The van der Waals surface area contributed by atoms with Crippen molar-refractivity contribution in [2.45, 2.75) is 82.5 Å². The molecule has 2 amide bonds. The Balaban J connectivity index is 1.36. The first-order valence-electron chi connectivity index (χ1n) is 10.2. The number of carbonyl (C=O) groups is 2. The number of benzene rings is 1.